The smallest absolute Gasteiger partial charge is 0.225 e. The highest BCUT2D eigenvalue weighted by Crippen LogP contribution is 2.25. The molecule has 1 aromatic carbocycles. The Morgan fingerprint density at radius 2 is 2.06 bits per heavy atom. The van der Waals surface area contributed by atoms with Crippen molar-refractivity contribution in [2.75, 3.05) is 18.4 Å². The first kappa shape index (κ1) is 14.3. The van der Waals surface area contributed by atoms with Crippen LogP contribution in [-0.2, 0) is 4.79 Å². The fourth-order valence-corrected chi connectivity index (χ4v) is 1.76. The van der Waals surface area contributed by atoms with Crippen LogP contribution in [-0.4, -0.2) is 19.0 Å². The molecule has 94 valence electrons. The summed E-state index contributed by atoms with van der Waals surface area (Å²) in [6.45, 7) is 3.68. The topological polar surface area (TPSA) is 41.1 Å². The number of anilines is 1. The lowest BCUT2D eigenvalue weighted by atomic mass is 10.3. The van der Waals surface area contributed by atoms with Crippen molar-refractivity contribution >= 4 is 34.8 Å². The zero-order valence-corrected chi connectivity index (χ0v) is 11.2. The lowest BCUT2D eigenvalue weighted by Gasteiger charge is -2.07. The van der Waals surface area contributed by atoms with Crippen LogP contribution in [0.2, 0.25) is 10.0 Å². The first-order valence-electron chi connectivity index (χ1n) is 5.59. The number of carbonyl (C=O) groups is 1. The number of rotatable bonds is 6. The second-order valence-corrected chi connectivity index (χ2v) is 4.52. The number of carbonyl (C=O) groups excluding carboxylic acids is 1. The van der Waals surface area contributed by atoms with Gasteiger partial charge in [0.15, 0.2) is 0 Å². The molecular weight excluding hydrogens is 259 g/mol. The summed E-state index contributed by atoms with van der Waals surface area (Å²) in [6.07, 6.45) is 1.49. The molecule has 0 fully saturated rings. The van der Waals surface area contributed by atoms with Crippen molar-refractivity contribution < 1.29 is 4.79 Å². The van der Waals surface area contributed by atoms with Crippen LogP contribution in [0.15, 0.2) is 18.2 Å². The molecule has 0 saturated carbocycles. The fourth-order valence-electron chi connectivity index (χ4n) is 1.31. The molecule has 0 saturated heterocycles. The Morgan fingerprint density at radius 3 is 2.71 bits per heavy atom. The zero-order valence-electron chi connectivity index (χ0n) is 9.72. The Kier molecular flexibility index (Phi) is 6.34. The third-order valence-corrected chi connectivity index (χ3v) is 2.71. The van der Waals surface area contributed by atoms with E-state index < -0.39 is 0 Å². The molecule has 0 radical (unpaired) electrons. The first-order valence-corrected chi connectivity index (χ1v) is 6.34. The first-order chi connectivity index (χ1) is 8.13. The number of nitrogens with one attached hydrogen (secondary N) is 2. The second-order valence-electron chi connectivity index (χ2n) is 3.67. The highest BCUT2D eigenvalue weighted by molar-refractivity contribution is 6.36. The van der Waals surface area contributed by atoms with Gasteiger partial charge in [-0.3, -0.25) is 4.79 Å². The van der Waals surface area contributed by atoms with Crippen LogP contribution in [0, 0.1) is 0 Å². The number of halogens is 2. The van der Waals surface area contributed by atoms with E-state index >= 15 is 0 Å². The van der Waals surface area contributed by atoms with Gasteiger partial charge in [-0.15, -0.1) is 0 Å². The van der Waals surface area contributed by atoms with Crippen LogP contribution in [0.25, 0.3) is 0 Å². The van der Waals surface area contributed by atoms with Crippen LogP contribution in [0.4, 0.5) is 5.69 Å². The van der Waals surface area contributed by atoms with Gasteiger partial charge in [0.25, 0.3) is 0 Å². The van der Waals surface area contributed by atoms with Gasteiger partial charge in [0.1, 0.15) is 0 Å². The van der Waals surface area contributed by atoms with Gasteiger partial charge in [-0.1, -0.05) is 30.1 Å². The van der Waals surface area contributed by atoms with Gasteiger partial charge in [0, 0.05) is 18.0 Å². The van der Waals surface area contributed by atoms with Crippen LogP contribution in [0.3, 0.4) is 0 Å². The summed E-state index contributed by atoms with van der Waals surface area (Å²) in [5.41, 5.74) is 0.594. The third kappa shape index (κ3) is 5.39. The van der Waals surface area contributed by atoms with E-state index in [2.05, 4.69) is 17.6 Å². The number of hydrogen-bond donors (Lipinski definition) is 2. The van der Waals surface area contributed by atoms with Crippen LogP contribution < -0.4 is 10.6 Å². The van der Waals surface area contributed by atoms with E-state index in [9.17, 15) is 4.79 Å². The maximum Gasteiger partial charge on any atom is 0.225 e. The molecule has 0 heterocycles. The minimum atomic E-state index is -0.0576. The molecule has 0 aromatic heterocycles. The third-order valence-electron chi connectivity index (χ3n) is 2.16. The summed E-state index contributed by atoms with van der Waals surface area (Å²) < 4.78 is 0. The molecule has 2 N–H and O–H groups in total. The average molecular weight is 275 g/mol. The predicted octanol–water partition coefficient (Wildman–Crippen LogP) is 3.32. The van der Waals surface area contributed by atoms with E-state index in [-0.39, 0.29) is 5.91 Å². The molecule has 0 atom stereocenters. The SMILES string of the molecule is CCCNCCC(=O)Nc1ccc(Cl)cc1Cl. The molecule has 0 aliphatic rings. The van der Waals surface area contributed by atoms with Crippen molar-refractivity contribution in [3.63, 3.8) is 0 Å². The molecule has 0 aliphatic heterocycles. The Hall–Kier alpha value is -0.770. The number of benzene rings is 1. The maximum atomic E-state index is 11.6. The largest absolute Gasteiger partial charge is 0.325 e. The predicted molar refractivity (Wildman–Crippen MR) is 72.9 cm³/mol. The van der Waals surface area contributed by atoms with E-state index in [0.29, 0.717) is 28.7 Å². The Labute approximate surface area is 111 Å². The van der Waals surface area contributed by atoms with Crippen molar-refractivity contribution in [1.82, 2.24) is 5.32 Å². The monoisotopic (exact) mass is 274 g/mol. The molecule has 5 heteroatoms. The standard InChI is InChI=1S/C12H16Cl2N2O/c1-2-6-15-7-5-12(17)16-11-4-3-9(13)8-10(11)14/h3-4,8,15H,2,5-7H2,1H3,(H,16,17). The van der Waals surface area contributed by atoms with E-state index in [1.54, 1.807) is 18.2 Å². The van der Waals surface area contributed by atoms with Crippen LogP contribution >= 0.6 is 23.2 Å². The summed E-state index contributed by atoms with van der Waals surface area (Å²) in [6, 6.07) is 4.99. The zero-order chi connectivity index (χ0) is 12.7. The Morgan fingerprint density at radius 1 is 1.29 bits per heavy atom. The lowest BCUT2D eigenvalue weighted by Crippen LogP contribution is -2.22. The van der Waals surface area contributed by atoms with Gasteiger partial charge in [0.2, 0.25) is 5.91 Å². The van der Waals surface area contributed by atoms with Crippen molar-refractivity contribution in [3.8, 4) is 0 Å². The molecule has 1 amide bonds. The van der Waals surface area contributed by atoms with Crippen molar-refractivity contribution in [2.45, 2.75) is 19.8 Å². The summed E-state index contributed by atoms with van der Waals surface area (Å²) in [4.78, 5) is 11.6. The van der Waals surface area contributed by atoms with Gasteiger partial charge in [-0.05, 0) is 31.2 Å². The maximum absolute atomic E-state index is 11.6. The normalized spacial score (nSPS) is 10.3. The molecule has 0 spiro atoms. The van der Waals surface area contributed by atoms with E-state index in [1.165, 1.54) is 0 Å². The van der Waals surface area contributed by atoms with Gasteiger partial charge in [-0.2, -0.15) is 0 Å². The highest BCUT2D eigenvalue weighted by atomic mass is 35.5. The number of amides is 1. The molecule has 0 bridgehead atoms. The van der Waals surface area contributed by atoms with Crippen molar-refractivity contribution in [1.29, 1.82) is 0 Å². The highest BCUT2D eigenvalue weighted by Gasteiger charge is 2.05. The molecule has 1 rings (SSSR count). The van der Waals surface area contributed by atoms with Crippen LogP contribution in [0.5, 0.6) is 0 Å². The molecule has 17 heavy (non-hydrogen) atoms. The van der Waals surface area contributed by atoms with Gasteiger partial charge >= 0.3 is 0 Å². The average Bonchev–Trinajstić information content (AvgIpc) is 2.28. The lowest BCUT2D eigenvalue weighted by molar-refractivity contribution is -0.116. The summed E-state index contributed by atoms with van der Waals surface area (Å²) in [5, 5.41) is 6.91. The quantitative estimate of drug-likeness (QED) is 0.782. The minimum absolute atomic E-state index is 0.0576. The minimum Gasteiger partial charge on any atom is -0.325 e. The van der Waals surface area contributed by atoms with Crippen LogP contribution in [0.1, 0.15) is 19.8 Å². The summed E-state index contributed by atoms with van der Waals surface area (Å²) in [5.74, 6) is -0.0576. The van der Waals surface area contributed by atoms with Gasteiger partial charge in [-0.25, -0.2) is 0 Å². The molecule has 3 nitrogen and oxygen atoms in total. The van der Waals surface area contributed by atoms with Gasteiger partial charge in [0.05, 0.1) is 10.7 Å². The molecular formula is C12H16Cl2N2O. The van der Waals surface area contributed by atoms with E-state index in [4.69, 9.17) is 23.2 Å². The molecule has 1 aromatic rings. The Balaban J connectivity index is 2.40. The van der Waals surface area contributed by atoms with E-state index in [0.717, 1.165) is 13.0 Å². The summed E-state index contributed by atoms with van der Waals surface area (Å²) in [7, 11) is 0. The van der Waals surface area contributed by atoms with E-state index in [1.807, 2.05) is 0 Å². The number of hydrogen-bond acceptors (Lipinski definition) is 2. The van der Waals surface area contributed by atoms with Gasteiger partial charge < -0.3 is 10.6 Å². The second kappa shape index (κ2) is 7.54. The molecule has 0 unspecified atom stereocenters. The van der Waals surface area contributed by atoms with Crippen molar-refractivity contribution in [3.05, 3.63) is 28.2 Å². The molecule has 0 aliphatic carbocycles. The fraction of sp³-hybridized carbons (Fsp3) is 0.417. The Bertz CT molecular complexity index is 383. The van der Waals surface area contributed by atoms with Crippen molar-refractivity contribution in [2.24, 2.45) is 0 Å². The summed E-state index contributed by atoms with van der Waals surface area (Å²) >= 11 is 11.7.